The maximum Gasteiger partial charge on any atom is 0.255 e. The van der Waals surface area contributed by atoms with Crippen molar-refractivity contribution in [3.63, 3.8) is 0 Å². The molecule has 1 N–H and O–H groups in total. The minimum atomic E-state index is -0.0833. The van der Waals surface area contributed by atoms with Gasteiger partial charge in [0.25, 0.3) is 5.91 Å². The second-order valence-corrected chi connectivity index (χ2v) is 5.83. The summed E-state index contributed by atoms with van der Waals surface area (Å²) in [4.78, 5) is 14.3. The van der Waals surface area contributed by atoms with Crippen molar-refractivity contribution in [3.05, 3.63) is 59.7 Å². The number of benzene rings is 2. The summed E-state index contributed by atoms with van der Waals surface area (Å²) in [5, 5.41) is 2.95. The molecule has 116 valence electrons. The number of carbonyl (C=O) groups excluding carboxylic acids is 1. The first-order valence-electron chi connectivity index (χ1n) is 7.70. The Labute approximate surface area is 133 Å². The van der Waals surface area contributed by atoms with Gasteiger partial charge < -0.3 is 10.2 Å². The predicted octanol–water partition coefficient (Wildman–Crippen LogP) is 4.52. The quantitative estimate of drug-likeness (QED) is 0.880. The van der Waals surface area contributed by atoms with Crippen molar-refractivity contribution in [3.8, 4) is 0 Å². The van der Waals surface area contributed by atoms with Crippen LogP contribution in [0.3, 0.4) is 0 Å². The highest BCUT2D eigenvalue weighted by molar-refractivity contribution is 6.04. The number of anilines is 2. The van der Waals surface area contributed by atoms with Crippen molar-refractivity contribution >= 4 is 17.3 Å². The maximum atomic E-state index is 12.3. The zero-order valence-corrected chi connectivity index (χ0v) is 13.8. The average molecular weight is 296 g/mol. The molecule has 1 unspecified atom stereocenters. The molecular weight excluding hydrogens is 272 g/mol. The van der Waals surface area contributed by atoms with Crippen LogP contribution >= 0.6 is 0 Å². The molecule has 2 rings (SSSR count). The third-order valence-corrected chi connectivity index (χ3v) is 3.97. The number of amides is 1. The van der Waals surface area contributed by atoms with Gasteiger partial charge in [-0.3, -0.25) is 4.79 Å². The highest BCUT2D eigenvalue weighted by atomic mass is 16.1. The molecule has 0 aromatic heterocycles. The van der Waals surface area contributed by atoms with E-state index in [0.717, 1.165) is 17.8 Å². The van der Waals surface area contributed by atoms with E-state index in [4.69, 9.17) is 0 Å². The summed E-state index contributed by atoms with van der Waals surface area (Å²) >= 11 is 0. The van der Waals surface area contributed by atoms with E-state index in [1.165, 1.54) is 5.56 Å². The maximum absolute atomic E-state index is 12.3. The van der Waals surface area contributed by atoms with Crippen molar-refractivity contribution in [1.29, 1.82) is 0 Å². The van der Waals surface area contributed by atoms with Gasteiger partial charge in [0.15, 0.2) is 0 Å². The van der Waals surface area contributed by atoms with Crippen LogP contribution in [0, 0.1) is 0 Å². The molecule has 1 atom stereocenters. The molecule has 0 spiro atoms. The van der Waals surface area contributed by atoms with Crippen LogP contribution in [-0.4, -0.2) is 20.0 Å². The Balaban J connectivity index is 2.10. The second-order valence-electron chi connectivity index (χ2n) is 5.83. The standard InChI is InChI=1S/C19H24N2O/c1-5-14(2)15-9-11-17(12-10-15)20-19(22)16-7-6-8-18(13-16)21(3)4/h6-14H,5H2,1-4H3,(H,20,22). The molecule has 0 saturated heterocycles. The van der Waals surface area contributed by atoms with E-state index < -0.39 is 0 Å². The van der Waals surface area contributed by atoms with Gasteiger partial charge >= 0.3 is 0 Å². The fourth-order valence-electron chi connectivity index (χ4n) is 2.26. The smallest absolute Gasteiger partial charge is 0.255 e. The van der Waals surface area contributed by atoms with Crippen LogP contribution in [0.2, 0.25) is 0 Å². The third-order valence-electron chi connectivity index (χ3n) is 3.97. The number of nitrogens with one attached hydrogen (secondary N) is 1. The second kappa shape index (κ2) is 7.12. The number of rotatable bonds is 5. The first-order chi connectivity index (χ1) is 10.5. The third kappa shape index (κ3) is 3.88. The highest BCUT2D eigenvalue weighted by Crippen LogP contribution is 2.21. The van der Waals surface area contributed by atoms with Gasteiger partial charge in [-0.25, -0.2) is 0 Å². The molecule has 2 aromatic rings. The Hall–Kier alpha value is -2.29. The van der Waals surface area contributed by atoms with E-state index in [1.54, 1.807) is 0 Å². The van der Waals surface area contributed by atoms with Crippen LogP contribution in [0.15, 0.2) is 48.5 Å². The summed E-state index contributed by atoms with van der Waals surface area (Å²) in [7, 11) is 3.93. The van der Waals surface area contributed by atoms with Gasteiger partial charge in [0.2, 0.25) is 0 Å². The summed E-state index contributed by atoms with van der Waals surface area (Å²) in [5.74, 6) is 0.460. The van der Waals surface area contributed by atoms with Crippen molar-refractivity contribution in [1.82, 2.24) is 0 Å². The molecule has 22 heavy (non-hydrogen) atoms. The van der Waals surface area contributed by atoms with Crippen LogP contribution in [0.5, 0.6) is 0 Å². The average Bonchev–Trinajstić information content (AvgIpc) is 2.54. The molecule has 3 heteroatoms. The van der Waals surface area contributed by atoms with Crippen LogP contribution < -0.4 is 10.2 Å². The van der Waals surface area contributed by atoms with Crippen molar-refractivity contribution in [2.75, 3.05) is 24.3 Å². The molecule has 0 bridgehead atoms. The first kappa shape index (κ1) is 16.1. The molecule has 0 aliphatic carbocycles. The number of hydrogen-bond donors (Lipinski definition) is 1. The summed E-state index contributed by atoms with van der Waals surface area (Å²) in [6.45, 7) is 4.39. The van der Waals surface area contributed by atoms with E-state index >= 15 is 0 Å². The predicted molar refractivity (Wildman–Crippen MR) is 93.9 cm³/mol. The molecule has 1 amide bonds. The lowest BCUT2D eigenvalue weighted by atomic mass is 9.98. The van der Waals surface area contributed by atoms with Crippen LogP contribution in [0.1, 0.15) is 42.1 Å². The summed E-state index contributed by atoms with van der Waals surface area (Å²) in [6.07, 6.45) is 1.11. The first-order valence-corrected chi connectivity index (χ1v) is 7.70. The van der Waals surface area contributed by atoms with Crippen molar-refractivity contribution in [2.45, 2.75) is 26.2 Å². The van der Waals surface area contributed by atoms with E-state index in [9.17, 15) is 4.79 Å². The molecule has 0 aliphatic rings. The van der Waals surface area contributed by atoms with Crippen LogP contribution in [-0.2, 0) is 0 Å². The SMILES string of the molecule is CCC(C)c1ccc(NC(=O)c2cccc(N(C)C)c2)cc1. The van der Waals surface area contributed by atoms with Gasteiger partial charge in [0, 0.05) is 31.0 Å². The number of nitrogens with zero attached hydrogens (tertiary/aromatic N) is 1. The Morgan fingerprint density at radius 1 is 1.14 bits per heavy atom. The van der Waals surface area contributed by atoms with Gasteiger partial charge in [-0.2, -0.15) is 0 Å². The van der Waals surface area contributed by atoms with Gasteiger partial charge in [0.1, 0.15) is 0 Å². The summed E-state index contributed by atoms with van der Waals surface area (Å²) < 4.78 is 0. The number of hydrogen-bond acceptors (Lipinski definition) is 2. The van der Waals surface area contributed by atoms with Crippen molar-refractivity contribution in [2.24, 2.45) is 0 Å². The summed E-state index contributed by atoms with van der Waals surface area (Å²) in [6, 6.07) is 15.7. The lowest BCUT2D eigenvalue weighted by Crippen LogP contribution is -2.14. The molecule has 0 saturated carbocycles. The van der Waals surface area contributed by atoms with E-state index in [1.807, 2.05) is 55.4 Å². The number of carbonyl (C=O) groups is 1. The Morgan fingerprint density at radius 2 is 1.82 bits per heavy atom. The molecular formula is C19H24N2O. The Morgan fingerprint density at radius 3 is 2.41 bits per heavy atom. The molecule has 0 heterocycles. The summed E-state index contributed by atoms with van der Waals surface area (Å²) in [5.41, 5.74) is 3.80. The van der Waals surface area contributed by atoms with E-state index in [0.29, 0.717) is 11.5 Å². The van der Waals surface area contributed by atoms with E-state index in [-0.39, 0.29) is 5.91 Å². The molecule has 3 nitrogen and oxygen atoms in total. The van der Waals surface area contributed by atoms with Crippen LogP contribution in [0.4, 0.5) is 11.4 Å². The normalized spacial score (nSPS) is 11.8. The fraction of sp³-hybridized carbons (Fsp3) is 0.316. The minimum Gasteiger partial charge on any atom is -0.378 e. The highest BCUT2D eigenvalue weighted by Gasteiger charge is 2.08. The van der Waals surface area contributed by atoms with Gasteiger partial charge in [-0.05, 0) is 48.2 Å². The topological polar surface area (TPSA) is 32.3 Å². The molecule has 0 aliphatic heterocycles. The zero-order chi connectivity index (χ0) is 16.1. The molecule has 0 fully saturated rings. The fourth-order valence-corrected chi connectivity index (χ4v) is 2.26. The Kier molecular flexibility index (Phi) is 5.21. The van der Waals surface area contributed by atoms with Crippen LogP contribution in [0.25, 0.3) is 0 Å². The molecule has 2 aromatic carbocycles. The van der Waals surface area contributed by atoms with Gasteiger partial charge in [0.05, 0.1) is 0 Å². The zero-order valence-electron chi connectivity index (χ0n) is 13.8. The van der Waals surface area contributed by atoms with Gasteiger partial charge in [-0.15, -0.1) is 0 Å². The lowest BCUT2D eigenvalue weighted by Gasteiger charge is -2.14. The lowest BCUT2D eigenvalue weighted by molar-refractivity contribution is 0.102. The minimum absolute atomic E-state index is 0.0833. The molecule has 0 radical (unpaired) electrons. The van der Waals surface area contributed by atoms with E-state index in [2.05, 4.69) is 31.3 Å². The largest absolute Gasteiger partial charge is 0.378 e. The monoisotopic (exact) mass is 296 g/mol. The van der Waals surface area contributed by atoms with Gasteiger partial charge in [-0.1, -0.05) is 32.0 Å². The Bertz CT molecular complexity index is 632. The van der Waals surface area contributed by atoms with Crippen molar-refractivity contribution < 1.29 is 4.79 Å².